The van der Waals surface area contributed by atoms with Crippen LogP contribution in [-0.2, 0) is 17.6 Å². The van der Waals surface area contributed by atoms with E-state index in [0.29, 0.717) is 5.82 Å². The zero-order valence-electron chi connectivity index (χ0n) is 15.7. The average Bonchev–Trinajstić information content (AvgIpc) is 2.58. The van der Waals surface area contributed by atoms with Gasteiger partial charge in [-0.15, -0.1) is 0 Å². The van der Waals surface area contributed by atoms with Gasteiger partial charge in [-0.2, -0.15) is 0 Å². The van der Waals surface area contributed by atoms with Gasteiger partial charge in [-0.25, -0.2) is 9.37 Å². The van der Waals surface area contributed by atoms with Crippen LogP contribution in [0.5, 0.6) is 0 Å². The molecule has 0 aliphatic carbocycles. The number of anilines is 1. The molecule has 2 rings (SSSR count). The van der Waals surface area contributed by atoms with E-state index >= 15 is 0 Å². The normalized spacial score (nSPS) is 11.4. The molecule has 3 nitrogen and oxygen atoms in total. The number of aryl methyl sites for hydroxylation is 3. The summed E-state index contributed by atoms with van der Waals surface area (Å²) >= 11 is 0. The third-order valence-corrected chi connectivity index (χ3v) is 4.96. The number of carbonyl (C=O) groups is 1. The van der Waals surface area contributed by atoms with Gasteiger partial charge in [0.2, 0.25) is 5.91 Å². The Kier molecular flexibility index (Phi) is 5.93. The SMILES string of the molecule is CCC(C)(C)C(=O)Nc1cc(CCc2ccc(F)cc2)c(C)c(C)n1. The van der Waals surface area contributed by atoms with E-state index in [9.17, 15) is 9.18 Å². The third kappa shape index (κ3) is 4.88. The third-order valence-electron chi connectivity index (χ3n) is 4.96. The summed E-state index contributed by atoms with van der Waals surface area (Å²) in [7, 11) is 0. The van der Waals surface area contributed by atoms with Gasteiger partial charge in [-0.1, -0.05) is 32.9 Å². The Balaban J connectivity index is 2.16. The van der Waals surface area contributed by atoms with Gasteiger partial charge in [-0.05, 0) is 68.0 Å². The predicted molar refractivity (Wildman–Crippen MR) is 100 cm³/mol. The Labute approximate surface area is 149 Å². The van der Waals surface area contributed by atoms with Gasteiger partial charge in [-0.3, -0.25) is 4.79 Å². The molecule has 0 fully saturated rings. The summed E-state index contributed by atoms with van der Waals surface area (Å²) in [5.41, 5.74) is 3.87. The molecule has 0 aliphatic rings. The second kappa shape index (κ2) is 7.77. The fraction of sp³-hybridized carbons (Fsp3) is 0.429. The van der Waals surface area contributed by atoms with Crippen LogP contribution in [0.2, 0.25) is 0 Å². The van der Waals surface area contributed by atoms with Crippen molar-refractivity contribution >= 4 is 11.7 Å². The fourth-order valence-electron chi connectivity index (χ4n) is 2.50. The van der Waals surface area contributed by atoms with Crippen LogP contribution in [0.4, 0.5) is 10.2 Å². The Morgan fingerprint density at radius 2 is 1.80 bits per heavy atom. The predicted octanol–water partition coefficient (Wildman–Crippen LogP) is 5.00. The first kappa shape index (κ1) is 19.1. The largest absolute Gasteiger partial charge is 0.310 e. The minimum absolute atomic E-state index is 0.0183. The van der Waals surface area contributed by atoms with Crippen LogP contribution >= 0.6 is 0 Å². The number of halogens is 1. The van der Waals surface area contributed by atoms with Crippen molar-refractivity contribution in [1.82, 2.24) is 4.98 Å². The summed E-state index contributed by atoms with van der Waals surface area (Å²) in [5, 5.41) is 2.95. The highest BCUT2D eigenvalue weighted by atomic mass is 19.1. The van der Waals surface area contributed by atoms with Gasteiger partial charge in [0.05, 0.1) is 0 Å². The van der Waals surface area contributed by atoms with Crippen LogP contribution in [0.3, 0.4) is 0 Å². The van der Waals surface area contributed by atoms with E-state index in [1.54, 1.807) is 0 Å². The molecule has 134 valence electrons. The number of rotatable bonds is 6. The van der Waals surface area contributed by atoms with E-state index < -0.39 is 5.41 Å². The quantitative estimate of drug-likeness (QED) is 0.803. The molecule has 1 N–H and O–H groups in total. The van der Waals surface area contributed by atoms with Crippen LogP contribution in [0.15, 0.2) is 30.3 Å². The van der Waals surface area contributed by atoms with Gasteiger partial charge in [0, 0.05) is 11.1 Å². The van der Waals surface area contributed by atoms with Crippen molar-refractivity contribution in [3.05, 3.63) is 58.5 Å². The summed E-state index contributed by atoms with van der Waals surface area (Å²) in [4.78, 5) is 16.9. The molecule has 1 aromatic heterocycles. The number of nitrogens with one attached hydrogen (secondary N) is 1. The first-order valence-corrected chi connectivity index (χ1v) is 8.76. The zero-order valence-corrected chi connectivity index (χ0v) is 15.7. The number of aromatic nitrogens is 1. The van der Waals surface area contributed by atoms with Crippen molar-refractivity contribution in [1.29, 1.82) is 0 Å². The molecule has 0 spiro atoms. The van der Waals surface area contributed by atoms with Crippen molar-refractivity contribution in [2.45, 2.75) is 53.9 Å². The molecule has 0 bridgehead atoms. The van der Waals surface area contributed by atoms with Gasteiger partial charge >= 0.3 is 0 Å². The lowest BCUT2D eigenvalue weighted by Crippen LogP contribution is -2.30. The van der Waals surface area contributed by atoms with Crippen LogP contribution in [0.1, 0.15) is 49.6 Å². The number of pyridine rings is 1. The topological polar surface area (TPSA) is 42.0 Å². The minimum atomic E-state index is -0.422. The lowest BCUT2D eigenvalue weighted by atomic mass is 9.89. The molecular weight excluding hydrogens is 315 g/mol. The second-order valence-electron chi connectivity index (χ2n) is 7.20. The lowest BCUT2D eigenvalue weighted by Gasteiger charge is -2.22. The van der Waals surface area contributed by atoms with Crippen molar-refractivity contribution < 1.29 is 9.18 Å². The molecule has 0 aliphatic heterocycles. The van der Waals surface area contributed by atoms with E-state index in [-0.39, 0.29) is 11.7 Å². The van der Waals surface area contributed by atoms with E-state index in [1.807, 2.05) is 52.8 Å². The number of hydrogen-bond donors (Lipinski definition) is 1. The van der Waals surface area contributed by atoms with Gasteiger partial charge < -0.3 is 5.32 Å². The molecule has 1 aromatic carbocycles. The number of amides is 1. The van der Waals surface area contributed by atoms with Gasteiger partial charge in [0.15, 0.2) is 0 Å². The molecule has 0 unspecified atom stereocenters. The summed E-state index contributed by atoms with van der Waals surface area (Å²) in [5.74, 6) is 0.363. The minimum Gasteiger partial charge on any atom is -0.310 e. The van der Waals surface area contributed by atoms with Crippen LogP contribution in [-0.4, -0.2) is 10.9 Å². The van der Waals surface area contributed by atoms with Gasteiger partial charge in [0.25, 0.3) is 0 Å². The Hall–Kier alpha value is -2.23. The standard InChI is InChI=1S/C21H27FN2O/c1-6-21(4,5)20(25)24-19-13-17(14(2)15(3)23-19)10-7-16-8-11-18(22)12-9-16/h8-9,11-13H,6-7,10H2,1-5H3,(H,23,24,25). The molecule has 0 radical (unpaired) electrons. The summed E-state index contributed by atoms with van der Waals surface area (Å²) < 4.78 is 13.0. The molecule has 4 heteroatoms. The summed E-state index contributed by atoms with van der Waals surface area (Å²) in [6, 6.07) is 8.54. The van der Waals surface area contributed by atoms with Crippen molar-refractivity contribution in [2.75, 3.05) is 5.32 Å². The zero-order chi connectivity index (χ0) is 18.6. The Bertz CT molecular complexity index is 751. The molecule has 25 heavy (non-hydrogen) atoms. The van der Waals surface area contributed by atoms with Crippen molar-refractivity contribution in [3.63, 3.8) is 0 Å². The lowest BCUT2D eigenvalue weighted by molar-refractivity contribution is -0.124. The fourth-order valence-corrected chi connectivity index (χ4v) is 2.50. The first-order chi connectivity index (χ1) is 11.7. The number of carbonyl (C=O) groups excluding carboxylic acids is 1. The Morgan fingerprint density at radius 3 is 2.40 bits per heavy atom. The molecule has 0 saturated heterocycles. The molecule has 0 saturated carbocycles. The van der Waals surface area contributed by atoms with Crippen LogP contribution in [0, 0.1) is 25.1 Å². The molecule has 1 heterocycles. The number of benzene rings is 1. The highest BCUT2D eigenvalue weighted by Crippen LogP contribution is 2.24. The average molecular weight is 342 g/mol. The van der Waals surface area contributed by atoms with Crippen LogP contribution < -0.4 is 5.32 Å². The van der Waals surface area contributed by atoms with E-state index in [1.165, 1.54) is 12.1 Å². The molecular formula is C21H27FN2O. The first-order valence-electron chi connectivity index (χ1n) is 8.76. The Morgan fingerprint density at radius 1 is 1.16 bits per heavy atom. The van der Waals surface area contributed by atoms with E-state index in [0.717, 1.165) is 41.6 Å². The molecule has 1 amide bonds. The maximum Gasteiger partial charge on any atom is 0.231 e. The maximum absolute atomic E-state index is 13.0. The highest BCUT2D eigenvalue weighted by molar-refractivity contribution is 5.94. The number of hydrogen-bond acceptors (Lipinski definition) is 2. The molecule has 0 atom stereocenters. The number of nitrogens with zero attached hydrogens (tertiary/aromatic N) is 1. The summed E-state index contributed by atoms with van der Waals surface area (Å²) in [6.45, 7) is 9.86. The van der Waals surface area contributed by atoms with Crippen LogP contribution in [0.25, 0.3) is 0 Å². The van der Waals surface area contributed by atoms with E-state index in [2.05, 4.69) is 10.3 Å². The highest BCUT2D eigenvalue weighted by Gasteiger charge is 2.25. The monoisotopic (exact) mass is 342 g/mol. The van der Waals surface area contributed by atoms with Gasteiger partial charge in [0.1, 0.15) is 11.6 Å². The second-order valence-corrected chi connectivity index (χ2v) is 7.20. The van der Waals surface area contributed by atoms with Crippen molar-refractivity contribution in [3.8, 4) is 0 Å². The summed E-state index contributed by atoms with van der Waals surface area (Å²) in [6.07, 6.45) is 2.40. The maximum atomic E-state index is 13.0. The van der Waals surface area contributed by atoms with Crippen molar-refractivity contribution in [2.24, 2.45) is 5.41 Å². The smallest absolute Gasteiger partial charge is 0.231 e. The van der Waals surface area contributed by atoms with E-state index in [4.69, 9.17) is 0 Å². The molecule has 2 aromatic rings.